The van der Waals surface area contributed by atoms with Crippen LogP contribution in [-0.2, 0) is 9.53 Å². The highest BCUT2D eigenvalue weighted by Gasteiger charge is 2.24. The van der Waals surface area contributed by atoms with Gasteiger partial charge in [-0.05, 0) is 50.0 Å². The van der Waals surface area contributed by atoms with E-state index in [4.69, 9.17) is 16.3 Å². The number of hydrogen-bond donors (Lipinski definition) is 0. The molecule has 0 bridgehead atoms. The molecule has 0 aliphatic heterocycles. The van der Waals surface area contributed by atoms with Gasteiger partial charge in [-0.2, -0.15) is 0 Å². The minimum Gasteiger partial charge on any atom is -0.469 e. The van der Waals surface area contributed by atoms with E-state index in [-0.39, 0.29) is 17.7 Å². The zero-order chi connectivity index (χ0) is 18.4. The van der Waals surface area contributed by atoms with Crippen molar-refractivity contribution in [3.8, 4) is 0 Å². The number of nitrogens with zero attached hydrogens (tertiary/aromatic N) is 1. The molecule has 132 valence electrons. The van der Waals surface area contributed by atoms with Gasteiger partial charge in [-0.1, -0.05) is 35.9 Å². The van der Waals surface area contributed by atoms with E-state index in [1.165, 1.54) is 13.2 Å². The third-order valence-electron chi connectivity index (χ3n) is 4.11. The summed E-state index contributed by atoms with van der Waals surface area (Å²) in [6.07, 6.45) is 5.26. The molecule has 0 saturated heterocycles. The van der Waals surface area contributed by atoms with E-state index in [1.54, 1.807) is 25.3 Å². The molecular weight excluding hydrogens is 341 g/mol. The zero-order valence-corrected chi connectivity index (χ0v) is 15.3. The quantitative estimate of drug-likeness (QED) is 0.695. The molecule has 1 aliphatic rings. The first kappa shape index (κ1) is 19.1. The van der Waals surface area contributed by atoms with Gasteiger partial charge in [0.05, 0.1) is 18.1 Å². The SMILES string of the molecule is COC(=O)C1C=C(c2cc(Cl)cnc2C)CC1.Cc1ccccc1F. The van der Waals surface area contributed by atoms with Crippen LogP contribution in [0.2, 0.25) is 5.02 Å². The van der Waals surface area contributed by atoms with Crippen LogP contribution in [0.15, 0.2) is 42.6 Å². The Morgan fingerprint density at radius 2 is 2.04 bits per heavy atom. The molecule has 0 spiro atoms. The topological polar surface area (TPSA) is 39.2 Å². The van der Waals surface area contributed by atoms with Gasteiger partial charge in [-0.15, -0.1) is 0 Å². The predicted molar refractivity (Wildman–Crippen MR) is 97.8 cm³/mol. The summed E-state index contributed by atoms with van der Waals surface area (Å²) in [4.78, 5) is 15.7. The number of aryl methyl sites for hydroxylation is 2. The van der Waals surface area contributed by atoms with Gasteiger partial charge in [-0.3, -0.25) is 9.78 Å². The summed E-state index contributed by atoms with van der Waals surface area (Å²) in [5.74, 6) is -0.437. The molecule has 1 aromatic heterocycles. The van der Waals surface area contributed by atoms with Gasteiger partial charge in [0, 0.05) is 17.5 Å². The van der Waals surface area contributed by atoms with Crippen LogP contribution in [0.1, 0.15) is 29.7 Å². The number of ether oxygens (including phenoxy) is 1. The number of rotatable bonds is 2. The molecule has 1 aromatic carbocycles. The number of hydrogen-bond acceptors (Lipinski definition) is 3. The van der Waals surface area contributed by atoms with E-state index >= 15 is 0 Å². The van der Waals surface area contributed by atoms with Crippen LogP contribution >= 0.6 is 11.6 Å². The second-order valence-corrected chi connectivity index (χ2v) is 6.33. The summed E-state index contributed by atoms with van der Waals surface area (Å²) >= 11 is 5.94. The Bertz CT molecular complexity index is 768. The molecule has 0 radical (unpaired) electrons. The summed E-state index contributed by atoms with van der Waals surface area (Å²) in [5, 5.41) is 0.619. The lowest BCUT2D eigenvalue weighted by molar-refractivity contribution is -0.143. The lowest BCUT2D eigenvalue weighted by Gasteiger charge is -2.05. The molecule has 0 saturated carbocycles. The maximum atomic E-state index is 12.3. The maximum Gasteiger partial charge on any atom is 0.312 e. The Balaban J connectivity index is 0.000000236. The van der Waals surface area contributed by atoms with Crippen LogP contribution in [0.4, 0.5) is 4.39 Å². The van der Waals surface area contributed by atoms with Crippen LogP contribution in [0, 0.1) is 25.6 Å². The minimum atomic E-state index is -0.173. The summed E-state index contributed by atoms with van der Waals surface area (Å²) < 4.78 is 17.1. The van der Waals surface area contributed by atoms with Crippen molar-refractivity contribution < 1.29 is 13.9 Å². The summed E-state index contributed by atoms with van der Waals surface area (Å²) in [7, 11) is 1.42. The number of aromatic nitrogens is 1. The standard InChI is InChI=1S/C13H14ClNO2.C7H7F/c1-8-12(6-11(14)7-15-8)9-3-4-10(5-9)13(16)17-2;1-6-4-2-3-5-7(6)8/h5-7,10H,3-4H2,1-2H3;2-5H,1H3. The summed E-state index contributed by atoms with van der Waals surface area (Å²) in [5.41, 5.74) is 3.80. The van der Waals surface area contributed by atoms with Crippen molar-refractivity contribution in [2.45, 2.75) is 26.7 Å². The average molecular weight is 362 g/mol. The molecule has 5 heteroatoms. The van der Waals surface area contributed by atoms with Gasteiger partial charge >= 0.3 is 5.97 Å². The van der Waals surface area contributed by atoms with Crippen LogP contribution < -0.4 is 0 Å². The molecule has 0 N–H and O–H groups in total. The fraction of sp³-hybridized carbons (Fsp3) is 0.300. The van der Waals surface area contributed by atoms with Gasteiger partial charge in [0.2, 0.25) is 0 Å². The molecule has 3 nitrogen and oxygen atoms in total. The van der Waals surface area contributed by atoms with E-state index < -0.39 is 0 Å². The van der Waals surface area contributed by atoms with E-state index in [9.17, 15) is 9.18 Å². The first-order valence-electron chi connectivity index (χ1n) is 8.04. The minimum absolute atomic E-state index is 0.131. The smallest absolute Gasteiger partial charge is 0.312 e. The van der Waals surface area contributed by atoms with E-state index in [0.29, 0.717) is 10.6 Å². The molecular formula is C20H21ClFNO2. The summed E-state index contributed by atoms with van der Waals surface area (Å²) in [6, 6.07) is 8.60. The van der Waals surface area contributed by atoms with Crippen LogP contribution in [-0.4, -0.2) is 18.1 Å². The fourth-order valence-electron chi connectivity index (χ4n) is 2.67. The van der Waals surface area contributed by atoms with Gasteiger partial charge in [0.1, 0.15) is 5.82 Å². The number of esters is 1. The van der Waals surface area contributed by atoms with Crippen molar-refractivity contribution in [1.82, 2.24) is 4.98 Å². The highest BCUT2D eigenvalue weighted by molar-refractivity contribution is 6.30. The number of benzene rings is 1. The first-order chi connectivity index (χ1) is 11.9. The Kier molecular flexibility index (Phi) is 6.71. The molecule has 0 fully saturated rings. The van der Waals surface area contributed by atoms with Crippen molar-refractivity contribution in [3.63, 3.8) is 0 Å². The second-order valence-electron chi connectivity index (χ2n) is 5.90. The normalized spacial score (nSPS) is 15.9. The number of halogens is 2. The number of pyridine rings is 1. The second kappa shape index (κ2) is 8.77. The number of allylic oxidation sites excluding steroid dienone is 1. The lowest BCUT2D eigenvalue weighted by atomic mass is 10.0. The van der Waals surface area contributed by atoms with Gasteiger partial charge in [-0.25, -0.2) is 4.39 Å². The van der Waals surface area contributed by atoms with Gasteiger partial charge < -0.3 is 4.74 Å². The molecule has 1 unspecified atom stereocenters. The zero-order valence-electron chi connectivity index (χ0n) is 14.6. The van der Waals surface area contributed by atoms with Crippen molar-refractivity contribution in [2.24, 2.45) is 5.92 Å². The van der Waals surface area contributed by atoms with Crippen molar-refractivity contribution in [2.75, 3.05) is 7.11 Å². The Hall–Kier alpha value is -2.20. The van der Waals surface area contributed by atoms with Gasteiger partial charge in [0.15, 0.2) is 0 Å². The third-order valence-corrected chi connectivity index (χ3v) is 4.31. The molecule has 1 atom stereocenters. The largest absolute Gasteiger partial charge is 0.469 e. The van der Waals surface area contributed by atoms with Crippen LogP contribution in [0.5, 0.6) is 0 Å². The van der Waals surface area contributed by atoms with Crippen molar-refractivity contribution in [1.29, 1.82) is 0 Å². The highest BCUT2D eigenvalue weighted by atomic mass is 35.5. The molecule has 0 amide bonds. The van der Waals surface area contributed by atoms with Gasteiger partial charge in [0.25, 0.3) is 0 Å². The molecule has 3 rings (SSSR count). The molecule has 1 heterocycles. The Morgan fingerprint density at radius 3 is 2.64 bits per heavy atom. The molecule has 1 aliphatic carbocycles. The Morgan fingerprint density at radius 1 is 1.32 bits per heavy atom. The van der Waals surface area contributed by atoms with E-state index in [0.717, 1.165) is 29.7 Å². The number of carbonyl (C=O) groups is 1. The average Bonchev–Trinajstić information content (AvgIpc) is 3.09. The molecule has 25 heavy (non-hydrogen) atoms. The fourth-order valence-corrected chi connectivity index (χ4v) is 2.82. The van der Waals surface area contributed by atoms with Crippen LogP contribution in [0.3, 0.4) is 0 Å². The van der Waals surface area contributed by atoms with E-state index in [1.807, 2.05) is 25.1 Å². The number of carbonyl (C=O) groups excluding carboxylic acids is 1. The summed E-state index contributed by atoms with van der Waals surface area (Å²) in [6.45, 7) is 3.69. The monoisotopic (exact) mass is 361 g/mol. The highest BCUT2D eigenvalue weighted by Crippen LogP contribution is 2.34. The number of methoxy groups -OCH3 is 1. The maximum absolute atomic E-state index is 12.3. The molecule has 2 aromatic rings. The van der Waals surface area contributed by atoms with E-state index in [2.05, 4.69) is 4.98 Å². The van der Waals surface area contributed by atoms with Crippen LogP contribution in [0.25, 0.3) is 5.57 Å². The first-order valence-corrected chi connectivity index (χ1v) is 8.42. The van der Waals surface area contributed by atoms with Crippen molar-refractivity contribution in [3.05, 3.63) is 70.3 Å². The van der Waals surface area contributed by atoms with Crippen molar-refractivity contribution >= 4 is 23.1 Å². The third kappa shape index (κ3) is 5.13. The Labute approximate surface area is 152 Å². The lowest BCUT2D eigenvalue weighted by Crippen LogP contribution is -2.10. The predicted octanol–water partition coefficient (Wildman–Crippen LogP) is 5.14.